The maximum atomic E-state index is 12.4. The minimum absolute atomic E-state index is 0.0547. The first-order valence-electron chi connectivity index (χ1n) is 7.35. The maximum absolute atomic E-state index is 12.4. The molecule has 2 rings (SSSR count). The predicted molar refractivity (Wildman–Crippen MR) is 89.0 cm³/mol. The Bertz CT molecular complexity index is 531. The molecule has 0 spiro atoms. The van der Waals surface area contributed by atoms with Crippen molar-refractivity contribution in [3.8, 4) is 0 Å². The number of anilines is 1. The molecular weight excluding hydrogens is 334 g/mol. The molecular formula is C14H24BrN5O. The number of piperidine rings is 1. The van der Waals surface area contributed by atoms with Gasteiger partial charge < -0.3 is 15.1 Å². The molecule has 2 heterocycles. The van der Waals surface area contributed by atoms with E-state index in [9.17, 15) is 4.79 Å². The number of likely N-dealkylation sites (N-methyl/N-ethyl adjacent to an activating group) is 2. The Kier molecular flexibility index (Phi) is 5.78. The third-order valence-corrected chi connectivity index (χ3v) is 4.64. The van der Waals surface area contributed by atoms with Gasteiger partial charge in [0, 0.05) is 25.7 Å². The minimum atomic E-state index is -0.0547. The van der Waals surface area contributed by atoms with Crippen LogP contribution >= 0.6 is 15.9 Å². The fraction of sp³-hybridized carbons (Fsp3) is 0.714. The van der Waals surface area contributed by atoms with Crippen molar-refractivity contribution >= 4 is 21.6 Å². The monoisotopic (exact) mass is 357 g/mol. The van der Waals surface area contributed by atoms with Gasteiger partial charge in [0.2, 0.25) is 0 Å². The zero-order chi connectivity index (χ0) is 15.4. The Morgan fingerprint density at radius 3 is 2.95 bits per heavy atom. The molecule has 0 bridgehead atoms. The number of aromatic nitrogens is 2. The Morgan fingerprint density at radius 2 is 2.29 bits per heavy atom. The van der Waals surface area contributed by atoms with E-state index in [1.807, 2.05) is 26.0 Å². The highest BCUT2D eigenvalue weighted by Crippen LogP contribution is 2.24. The predicted octanol–water partition coefficient (Wildman–Crippen LogP) is 0.756. The first kappa shape index (κ1) is 16.5. The van der Waals surface area contributed by atoms with Gasteiger partial charge in [-0.05, 0) is 49.9 Å². The molecule has 1 aromatic rings. The van der Waals surface area contributed by atoms with Crippen molar-refractivity contribution in [3.05, 3.63) is 21.0 Å². The summed E-state index contributed by atoms with van der Waals surface area (Å²) < 4.78 is 2.14. The van der Waals surface area contributed by atoms with E-state index in [0.717, 1.165) is 31.7 Å². The molecule has 1 aromatic heterocycles. The van der Waals surface area contributed by atoms with Crippen LogP contribution in [0, 0.1) is 0 Å². The third kappa shape index (κ3) is 4.05. The molecule has 0 radical (unpaired) electrons. The Balaban J connectivity index is 2.18. The zero-order valence-corrected chi connectivity index (χ0v) is 14.6. The summed E-state index contributed by atoms with van der Waals surface area (Å²) in [5.41, 5.74) is 0.849. The van der Waals surface area contributed by atoms with E-state index >= 15 is 0 Å². The second kappa shape index (κ2) is 7.38. The molecule has 1 aliphatic rings. The van der Waals surface area contributed by atoms with Gasteiger partial charge in [-0.25, -0.2) is 4.68 Å². The van der Waals surface area contributed by atoms with Crippen LogP contribution < -0.4 is 15.8 Å². The van der Waals surface area contributed by atoms with Crippen molar-refractivity contribution in [2.45, 2.75) is 25.4 Å². The molecule has 0 aromatic carbocycles. The van der Waals surface area contributed by atoms with Crippen LogP contribution in [0.25, 0.3) is 0 Å². The SMILES string of the molecule is CNC1CCCN(c2cnn(CCN(C)C)c(=O)c2Br)C1. The number of rotatable bonds is 5. The Hall–Kier alpha value is -0.920. The normalized spacial score (nSPS) is 19.3. The molecule has 0 amide bonds. The lowest BCUT2D eigenvalue weighted by Crippen LogP contribution is -2.45. The zero-order valence-electron chi connectivity index (χ0n) is 13.0. The average Bonchev–Trinajstić information content (AvgIpc) is 2.48. The molecule has 1 unspecified atom stereocenters. The number of nitrogens with zero attached hydrogens (tertiary/aromatic N) is 4. The summed E-state index contributed by atoms with van der Waals surface area (Å²) in [5, 5.41) is 7.64. The second-order valence-electron chi connectivity index (χ2n) is 5.75. The van der Waals surface area contributed by atoms with Crippen LogP contribution in [0.5, 0.6) is 0 Å². The number of hydrogen-bond donors (Lipinski definition) is 1. The van der Waals surface area contributed by atoms with Crippen LogP contribution in [0.1, 0.15) is 12.8 Å². The summed E-state index contributed by atoms with van der Waals surface area (Å²) in [6, 6.07) is 0.474. The topological polar surface area (TPSA) is 53.4 Å². The molecule has 7 heteroatoms. The average molecular weight is 358 g/mol. The van der Waals surface area contributed by atoms with E-state index in [1.165, 1.54) is 11.1 Å². The van der Waals surface area contributed by atoms with E-state index in [0.29, 0.717) is 17.1 Å². The van der Waals surface area contributed by atoms with Crippen LogP contribution in [0.4, 0.5) is 5.69 Å². The standard InChI is InChI=1S/C14H24BrN5O/c1-16-11-5-4-6-19(10-11)12-9-17-20(8-7-18(2)3)14(21)13(12)15/h9,11,16H,4-8,10H2,1-3H3. The quantitative estimate of drug-likeness (QED) is 0.842. The summed E-state index contributed by atoms with van der Waals surface area (Å²) >= 11 is 3.47. The maximum Gasteiger partial charge on any atom is 0.283 e. The molecule has 21 heavy (non-hydrogen) atoms. The van der Waals surface area contributed by atoms with Crippen molar-refractivity contribution < 1.29 is 0 Å². The van der Waals surface area contributed by atoms with E-state index in [-0.39, 0.29) is 5.56 Å². The third-order valence-electron chi connectivity index (χ3n) is 3.90. The van der Waals surface area contributed by atoms with Crippen molar-refractivity contribution in [3.63, 3.8) is 0 Å². The second-order valence-corrected chi connectivity index (χ2v) is 6.54. The van der Waals surface area contributed by atoms with Gasteiger partial charge in [0.05, 0.1) is 18.4 Å². The van der Waals surface area contributed by atoms with Gasteiger partial charge in [0.1, 0.15) is 4.47 Å². The van der Waals surface area contributed by atoms with Crippen LogP contribution in [0.15, 0.2) is 15.5 Å². The summed E-state index contributed by atoms with van der Waals surface area (Å²) in [4.78, 5) is 16.7. The fourth-order valence-electron chi connectivity index (χ4n) is 2.56. The van der Waals surface area contributed by atoms with Gasteiger partial charge >= 0.3 is 0 Å². The van der Waals surface area contributed by atoms with E-state index < -0.39 is 0 Å². The number of nitrogens with one attached hydrogen (secondary N) is 1. The van der Waals surface area contributed by atoms with E-state index in [2.05, 4.69) is 31.2 Å². The van der Waals surface area contributed by atoms with Crippen molar-refractivity contribution in [2.75, 3.05) is 45.7 Å². The first-order valence-corrected chi connectivity index (χ1v) is 8.14. The van der Waals surface area contributed by atoms with Gasteiger partial charge in [0.15, 0.2) is 0 Å². The largest absolute Gasteiger partial charge is 0.368 e. The Labute approximate surface area is 134 Å². The van der Waals surface area contributed by atoms with Gasteiger partial charge in [-0.3, -0.25) is 4.79 Å². The van der Waals surface area contributed by atoms with Crippen LogP contribution in [-0.2, 0) is 6.54 Å². The van der Waals surface area contributed by atoms with Crippen molar-refractivity contribution in [2.24, 2.45) is 0 Å². The molecule has 118 valence electrons. The minimum Gasteiger partial charge on any atom is -0.368 e. The summed E-state index contributed by atoms with van der Waals surface area (Å²) in [5.74, 6) is 0. The lowest BCUT2D eigenvalue weighted by atomic mass is 10.1. The molecule has 0 saturated carbocycles. The van der Waals surface area contributed by atoms with Gasteiger partial charge in [-0.1, -0.05) is 0 Å². The Morgan fingerprint density at radius 1 is 1.52 bits per heavy atom. The lowest BCUT2D eigenvalue weighted by Gasteiger charge is -2.34. The van der Waals surface area contributed by atoms with E-state index in [1.54, 1.807) is 6.20 Å². The van der Waals surface area contributed by atoms with Crippen LogP contribution in [-0.4, -0.2) is 61.5 Å². The summed E-state index contributed by atoms with van der Waals surface area (Å²) in [6.07, 6.45) is 4.11. The molecule has 1 atom stereocenters. The van der Waals surface area contributed by atoms with Crippen molar-refractivity contribution in [1.82, 2.24) is 20.0 Å². The van der Waals surface area contributed by atoms with Crippen molar-refractivity contribution in [1.29, 1.82) is 0 Å². The highest BCUT2D eigenvalue weighted by Gasteiger charge is 2.22. The van der Waals surface area contributed by atoms with Gasteiger partial charge in [-0.2, -0.15) is 5.10 Å². The van der Waals surface area contributed by atoms with E-state index in [4.69, 9.17) is 0 Å². The highest BCUT2D eigenvalue weighted by molar-refractivity contribution is 9.10. The molecule has 1 N–H and O–H groups in total. The lowest BCUT2D eigenvalue weighted by molar-refractivity contribution is 0.367. The highest BCUT2D eigenvalue weighted by atomic mass is 79.9. The smallest absolute Gasteiger partial charge is 0.283 e. The molecule has 1 aliphatic heterocycles. The molecule has 0 aliphatic carbocycles. The fourth-order valence-corrected chi connectivity index (χ4v) is 3.12. The number of hydrogen-bond acceptors (Lipinski definition) is 5. The summed E-state index contributed by atoms with van der Waals surface area (Å²) in [7, 11) is 5.96. The van der Waals surface area contributed by atoms with Gasteiger partial charge in [-0.15, -0.1) is 0 Å². The van der Waals surface area contributed by atoms with Crippen LogP contribution in [0.2, 0.25) is 0 Å². The van der Waals surface area contributed by atoms with Crippen LogP contribution in [0.3, 0.4) is 0 Å². The molecule has 1 saturated heterocycles. The number of halogens is 1. The first-order chi connectivity index (χ1) is 10.0. The molecule has 1 fully saturated rings. The summed E-state index contributed by atoms with van der Waals surface area (Å²) in [6.45, 7) is 3.28. The van der Waals surface area contributed by atoms with Gasteiger partial charge in [0.25, 0.3) is 5.56 Å². The molecule has 6 nitrogen and oxygen atoms in total.